The van der Waals surface area contributed by atoms with Crippen LogP contribution in [0.2, 0.25) is 0 Å². The zero-order valence-electron chi connectivity index (χ0n) is 9.08. The molecule has 0 fully saturated rings. The quantitative estimate of drug-likeness (QED) is 0.807. The van der Waals surface area contributed by atoms with E-state index in [1.54, 1.807) is 13.0 Å². The number of rotatable bonds is 4. The highest BCUT2D eigenvalue weighted by atomic mass is 35.5. The van der Waals surface area contributed by atoms with Crippen molar-refractivity contribution < 1.29 is 9.32 Å². The Kier molecular flexibility index (Phi) is 4.15. The van der Waals surface area contributed by atoms with Crippen LogP contribution in [0.25, 0.3) is 0 Å². The predicted octanol–water partition coefficient (Wildman–Crippen LogP) is 2.12. The number of carbonyl (C=O) groups excluding carboxylic acids is 1. The largest absolute Gasteiger partial charge is 0.351 e. The van der Waals surface area contributed by atoms with Crippen molar-refractivity contribution in [1.82, 2.24) is 10.5 Å². The lowest BCUT2D eigenvalue weighted by atomic mass is 10.2. The molecule has 1 heterocycles. The summed E-state index contributed by atoms with van der Waals surface area (Å²) in [5.74, 6) is -0.0120. The molecule has 1 amide bonds. The molecule has 0 radical (unpaired) electrons. The summed E-state index contributed by atoms with van der Waals surface area (Å²) < 4.78 is 4.84. The van der Waals surface area contributed by atoms with E-state index in [-0.39, 0.29) is 23.1 Å². The summed E-state index contributed by atoms with van der Waals surface area (Å²) in [6.07, 6.45) is 0.723. The number of alkyl halides is 1. The molecule has 2 atom stereocenters. The summed E-state index contributed by atoms with van der Waals surface area (Å²) in [5.41, 5.74) is 0.693. The second-order valence-corrected chi connectivity index (χ2v) is 4.47. The first-order valence-corrected chi connectivity index (χ1v) is 5.31. The van der Waals surface area contributed by atoms with Gasteiger partial charge in [0.2, 0.25) is 5.76 Å². The highest BCUT2D eigenvalue weighted by Crippen LogP contribution is 2.06. The maximum Gasteiger partial charge on any atom is 0.290 e. The molecule has 84 valence electrons. The van der Waals surface area contributed by atoms with E-state index in [9.17, 15) is 4.79 Å². The molecule has 0 saturated carbocycles. The number of aryl methyl sites for hydroxylation is 1. The minimum absolute atomic E-state index is 0.0235. The van der Waals surface area contributed by atoms with Crippen molar-refractivity contribution in [3.05, 3.63) is 17.5 Å². The fourth-order valence-electron chi connectivity index (χ4n) is 1.31. The molecule has 0 aliphatic rings. The van der Waals surface area contributed by atoms with Crippen LogP contribution in [-0.2, 0) is 0 Å². The minimum atomic E-state index is -0.250. The van der Waals surface area contributed by atoms with Gasteiger partial charge in [-0.25, -0.2) is 0 Å². The summed E-state index contributed by atoms with van der Waals surface area (Å²) in [7, 11) is 0. The topological polar surface area (TPSA) is 55.1 Å². The number of hydrogen-bond acceptors (Lipinski definition) is 3. The Balaban J connectivity index is 2.49. The number of nitrogens with zero attached hydrogens (tertiary/aromatic N) is 1. The van der Waals surface area contributed by atoms with Crippen LogP contribution in [0, 0.1) is 6.92 Å². The van der Waals surface area contributed by atoms with Crippen LogP contribution in [0.1, 0.15) is 36.5 Å². The Hall–Kier alpha value is -1.03. The van der Waals surface area contributed by atoms with Crippen LogP contribution in [0.5, 0.6) is 0 Å². The van der Waals surface area contributed by atoms with Gasteiger partial charge in [-0.05, 0) is 27.2 Å². The lowest BCUT2D eigenvalue weighted by Gasteiger charge is -2.13. The molecule has 0 aliphatic heterocycles. The molecular formula is C10H15ClN2O2. The third-order valence-electron chi connectivity index (χ3n) is 1.91. The Morgan fingerprint density at radius 1 is 1.67 bits per heavy atom. The smallest absolute Gasteiger partial charge is 0.290 e. The fourth-order valence-corrected chi connectivity index (χ4v) is 1.58. The summed E-state index contributed by atoms with van der Waals surface area (Å²) in [5, 5.41) is 6.47. The van der Waals surface area contributed by atoms with E-state index in [0.717, 1.165) is 6.42 Å². The van der Waals surface area contributed by atoms with Gasteiger partial charge in [0.05, 0.1) is 5.69 Å². The Bertz CT molecular complexity index is 336. The van der Waals surface area contributed by atoms with Crippen LogP contribution in [0.15, 0.2) is 10.6 Å². The third-order valence-corrected chi connectivity index (χ3v) is 2.09. The van der Waals surface area contributed by atoms with Gasteiger partial charge >= 0.3 is 0 Å². The molecule has 5 heteroatoms. The lowest BCUT2D eigenvalue weighted by molar-refractivity contribution is 0.0901. The summed E-state index contributed by atoms with van der Waals surface area (Å²) in [6.45, 7) is 5.56. The number of nitrogens with one attached hydrogen (secondary N) is 1. The van der Waals surface area contributed by atoms with E-state index in [0.29, 0.717) is 5.69 Å². The Labute approximate surface area is 94.0 Å². The van der Waals surface area contributed by atoms with E-state index in [1.807, 2.05) is 13.8 Å². The van der Waals surface area contributed by atoms with Crippen molar-refractivity contribution in [2.75, 3.05) is 0 Å². The second kappa shape index (κ2) is 5.16. The van der Waals surface area contributed by atoms with Crippen molar-refractivity contribution in [2.45, 2.75) is 38.6 Å². The number of amides is 1. The van der Waals surface area contributed by atoms with Crippen LogP contribution in [0.4, 0.5) is 0 Å². The molecule has 0 saturated heterocycles. The zero-order valence-corrected chi connectivity index (χ0v) is 9.84. The highest BCUT2D eigenvalue weighted by Gasteiger charge is 2.15. The first kappa shape index (κ1) is 12.0. The average molecular weight is 231 g/mol. The van der Waals surface area contributed by atoms with Gasteiger partial charge in [-0.1, -0.05) is 5.16 Å². The second-order valence-electron chi connectivity index (χ2n) is 3.72. The van der Waals surface area contributed by atoms with E-state index in [4.69, 9.17) is 16.1 Å². The molecule has 0 bridgehead atoms. The molecule has 15 heavy (non-hydrogen) atoms. The minimum Gasteiger partial charge on any atom is -0.351 e. The van der Waals surface area contributed by atoms with Crippen LogP contribution in [0.3, 0.4) is 0 Å². The first-order valence-electron chi connectivity index (χ1n) is 4.87. The van der Waals surface area contributed by atoms with Gasteiger partial charge < -0.3 is 9.84 Å². The molecule has 0 spiro atoms. The fraction of sp³-hybridized carbons (Fsp3) is 0.600. The van der Waals surface area contributed by atoms with Crippen molar-refractivity contribution in [2.24, 2.45) is 0 Å². The van der Waals surface area contributed by atoms with Crippen molar-refractivity contribution >= 4 is 17.5 Å². The molecule has 0 aromatic carbocycles. The normalized spacial score (nSPS) is 14.7. The first-order chi connectivity index (χ1) is 6.99. The van der Waals surface area contributed by atoms with Gasteiger partial charge in [-0.2, -0.15) is 0 Å². The monoisotopic (exact) mass is 230 g/mol. The van der Waals surface area contributed by atoms with Gasteiger partial charge in [0.1, 0.15) is 0 Å². The van der Waals surface area contributed by atoms with Gasteiger partial charge in [-0.15, -0.1) is 11.6 Å². The number of carbonyl (C=O) groups is 1. The molecule has 1 N–H and O–H groups in total. The summed E-state index contributed by atoms with van der Waals surface area (Å²) in [6, 6.07) is 1.63. The SMILES string of the molecule is Cc1cc(C(=O)NC(C)CC(C)Cl)on1. The number of aromatic nitrogens is 1. The van der Waals surface area contributed by atoms with Crippen LogP contribution < -0.4 is 5.32 Å². The molecular weight excluding hydrogens is 216 g/mol. The summed E-state index contributed by atoms with van der Waals surface area (Å²) >= 11 is 5.82. The maximum atomic E-state index is 11.6. The van der Waals surface area contributed by atoms with Crippen molar-refractivity contribution in [3.8, 4) is 0 Å². The standard InChI is InChI=1S/C10H15ClN2O2/c1-6(11)4-7(2)12-10(14)9-5-8(3)13-15-9/h5-7H,4H2,1-3H3,(H,12,14). The third kappa shape index (κ3) is 3.91. The molecule has 1 rings (SSSR count). The molecule has 4 nitrogen and oxygen atoms in total. The van der Waals surface area contributed by atoms with Crippen molar-refractivity contribution in [1.29, 1.82) is 0 Å². The van der Waals surface area contributed by atoms with Gasteiger partial charge in [-0.3, -0.25) is 4.79 Å². The highest BCUT2D eigenvalue weighted by molar-refractivity contribution is 6.20. The zero-order chi connectivity index (χ0) is 11.4. The Morgan fingerprint density at radius 2 is 2.33 bits per heavy atom. The van der Waals surface area contributed by atoms with Crippen LogP contribution >= 0.6 is 11.6 Å². The lowest BCUT2D eigenvalue weighted by Crippen LogP contribution is -2.33. The number of hydrogen-bond donors (Lipinski definition) is 1. The number of halogens is 1. The van der Waals surface area contributed by atoms with E-state index in [2.05, 4.69) is 10.5 Å². The van der Waals surface area contributed by atoms with Crippen molar-refractivity contribution in [3.63, 3.8) is 0 Å². The van der Waals surface area contributed by atoms with Gasteiger partial charge in [0.15, 0.2) is 0 Å². The van der Waals surface area contributed by atoms with E-state index < -0.39 is 0 Å². The maximum absolute atomic E-state index is 11.6. The van der Waals surface area contributed by atoms with Gasteiger partial charge in [0.25, 0.3) is 5.91 Å². The predicted molar refractivity (Wildman–Crippen MR) is 58.1 cm³/mol. The summed E-state index contributed by atoms with van der Waals surface area (Å²) in [4.78, 5) is 11.6. The Morgan fingerprint density at radius 3 is 2.80 bits per heavy atom. The van der Waals surface area contributed by atoms with E-state index in [1.165, 1.54) is 0 Å². The molecule has 2 unspecified atom stereocenters. The van der Waals surface area contributed by atoms with Crippen LogP contribution in [-0.4, -0.2) is 22.5 Å². The molecule has 1 aromatic heterocycles. The molecule has 0 aliphatic carbocycles. The van der Waals surface area contributed by atoms with E-state index >= 15 is 0 Å². The molecule has 1 aromatic rings. The van der Waals surface area contributed by atoms with Gasteiger partial charge in [0, 0.05) is 17.5 Å². The average Bonchev–Trinajstić information content (AvgIpc) is 2.49.